The summed E-state index contributed by atoms with van der Waals surface area (Å²) in [5.41, 5.74) is 5.32. The van der Waals surface area contributed by atoms with Crippen molar-refractivity contribution >= 4 is 0 Å². The maximum absolute atomic E-state index is 14.7. The number of allylic oxidation sites excluding steroid dienone is 3. The van der Waals surface area contributed by atoms with Gasteiger partial charge in [-0.2, -0.15) is 0 Å². The van der Waals surface area contributed by atoms with E-state index in [-0.39, 0.29) is 5.82 Å². The number of halogens is 1. The molecule has 0 aliphatic carbocycles. The number of fused-ring (bicyclic) bond motifs is 3. The number of nitrogens with zero attached hydrogens (tertiary/aromatic N) is 1. The third kappa shape index (κ3) is 4.48. The van der Waals surface area contributed by atoms with Crippen LogP contribution in [0.5, 0.6) is 0 Å². The fourth-order valence-electron chi connectivity index (χ4n) is 4.99. The van der Waals surface area contributed by atoms with Gasteiger partial charge in [0.1, 0.15) is 5.82 Å². The van der Waals surface area contributed by atoms with E-state index in [0.29, 0.717) is 24.2 Å². The third-order valence-corrected chi connectivity index (χ3v) is 6.61. The molecule has 3 nitrogen and oxygen atoms in total. The topological polar surface area (TPSA) is 27.3 Å². The Balaban J connectivity index is 1.64. The van der Waals surface area contributed by atoms with Crippen molar-refractivity contribution in [3.63, 3.8) is 0 Å². The van der Waals surface area contributed by atoms with Crippen LogP contribution in [0.3, 0.4) is 0 Å². The molecule has 4 heteroatoms. The van der Waals surface area contributed by atoms with E-state index < -0.39 is 0 Å². The Bertz CT molecular complexity index is 867. The van der Waals surface area contributed by atoms with Crippen molar-refractivity contribution in [1.82, 2.24) is 15.5 Å². The lowest BCUT2D eigenvalue weighted by molar-refractivity contribution is 0.378. The predicted octanol–water partition coefficient (Wildman–Crippen LogP) is 5.46. The van der Waals surface area contributed by atoms with Gasteiger partial charge in [-0.05, 0) is 56.4 Å². The highest BCUT2D eigenvalue weighted by Crippen LogP contribution is 2.34. The highest BCUT2D eigenvalue weighted by atomic mass is 19.1. The van der Waals surface area contributed by atoms with Gasteiger partial charge in [-0.15, -0.1) is 0 Å². The smallest absolute Gasteiger partial charge is 0.131 e. The molecule has 1 aromatic carbocycles. The number of aryl methyl sites for hydroxylation is 1. The first-order valence-corrected chi connectivity index (χ1v) is 11.4. The zero-order valence-corrected chi connectivity index (χ0v) is 18.1. The van der Waals surface area contributed by atoms with Gasteiger partial charge in [0.15, 0.2) is 0 Å². The van der Waals surface area contributed by atoms with Gasteiger partial charge in [-0.3, -0.25) is 0 Å². The summed E-state index contributed by atoms with van der Waals surface area (Å²) in [7, 11) is 0. The molecule has 0 amide bonds. The van der Waals surface area contributed by atoms with Crippen LogP contribution in [0, 0.1) is 12.7 Å². The van der Waals surface area contributed by atoms with Crippen LogP contribution in [-0.2, 0) is 6.54 Å². The molecule has 0 spiro atoms. The van der Waals surface area contributed by atoms with E-state index in [2.05, 4.69) is 40.3 Å². The molecule has 4 rings (SSSR count). The lowest BCUT2D eigenvalue weighted by Gasteiger charge is -2.27. The first kappa shape index (κ1) is 20.8. The van der Waals surface area contributed by atoms with Crippen molar-refractivity contribution in [2.45, 2.75) is 70.5 Å². The Kier molecular flexibility index (Phi) is 6.61. The van der Waals surface area contributed by atoms with Gasteiger partial charge in [0, 0.05) is 36.4 Å². The lowest BCUT2D eigenvalue weighted by atomic mass is 9.99. The zero-order valence-electron chi connectivity index (χ0n) is 18.1. The van der Waals surface area contributed by atoms with E-state index in [4.69, 9.17) is 0 Å². The SMILES string of the molecule is C=CNC1CCCCC/C=C/C2=CCN(Cc3cccc(C)c3F)/C2=C2\CCC1N2. The normalized spacial score (nSPS) is 27.8. The van der Waals surface area contributed by atoms with Crippen LogP contribution in [0.25, 0.3) is 0 Å². The Morgan fingerprint density at radius 2 is 2.17 bits per heavy atom. The Hall–Kier alpha value is -2.49. The van der Waals surface area contributed by atoms with Crippen LogP contribution in [0.2, 0.25) is 0 Å². The molecule has 0 aromatic heterocycles. The first-order chi connectivity index (χ1) is 14.7. The van der Waals surface area contributed by atoms with Crippen molar-refractivity contribution in [2.75, 3.05) is 6.54 Å². The number of nitrogens with one attached hydrogen (secondary N) is 2. The molecular formula is C26H34FN3. The molecule has 0 saturated carbocycles. The molecule has 2 atom stereocenters. The summed E-state index contributed by atoms with van der Waals surface area (Å²) in [6.45, 7) is 7.16. The van der Waals surface area contributed by atoms with Gasteiger partial charge in [-0.1, -0.05) is 55.8 Å². The summed E-state index contributed by atoms with van der Waals surface area (Å²) in [5.74, 6) is -0.0794. The van der Waals surface area contributed by atoms with E-state index in [0.717, 1.165) is 37.8 Å². The summed E-state index contributed by atoms with van der Waals surface area (Å²) in [6.07, 6.45) is 16.9. The van der Waals surface area contributed by atoms with Crippen molar-refractivity contribution in [3.05, 3.63) is 83.1 Å². The summed E-state index contributed by atoms with van der Waals surface area (Å²) in [4.78, 5) is 2.33. The van der Waals surface area contributed by atoms with Crippen LogP contribution in [-0.4, -0.2) is 23.5 Å². The van der Waals surface area contributed by atoms with E-state index in [1.54, 1.807) is 0 Å². The number of benzene rings is 1. The van der Waals surface area contributed by atoms with Gasteiger partial charge in [0.25, 0.3) is 0 Å². The average molecular weight is 408 g/mol. The van der Waals surface area contributed by atoms with Crippen molar-refractivity contribution < 1.29 is 4.39 Å². The minimum atomic E-state index is -0.0794. The van der Waals surface area contributed by atoms with E-state index in [1.165, 1.54) is 36.2 Å². The van der Waals surface area contributed by atoms with Crippen LogP contribution in [0.4, 0.5) is 4.39 Å². The summed E-state index contributed by atoms with van der Waals surface area (Å²) >= 11 is 0. The number of hydrogen-bond donors (Lipinski definition) is 2. The maximum atomic E-state index is 14.7. The maximum Gasteiger partial charge on any atom is 0.131 e. The Labute approximate surface area is 180 Å². The van der Waals surface area contributed by atoms with Gasteiger partial charge in [0.05, 0.1) is 5.70 Å². The van der Waals surface area contributed by atoms with Gasteiger partial charge >= 0.3 is 0 Å². The number of rotatable bonds is 4. The second-order valence-corrected chi connectivity index (χ2v) is 8.72. The van der Waals surface area contributed by atoms with Crippen LogP contribution in [0.1, 0.15) is 56.1 Å². The van der Waals surface area contributed by atoms with Gasteiger partial charge in [-0.25, -0.2) is 4.39 Å². The monoisotopic (exact) mass is 407 g/mol. The van der Waals surface area contributed by atoms with Gasteiger partial charge in [0.2, 0.25) is 0 Å². The molecule has 1 aromatic rings. The van der Waals surface area contributed by atoms with E-state index >= 15 is 0 Å². The number of hydrogen-bond acceptors (Lipinski definition) is 3. The molecule has 0 radical (unpaired) electrons. The Morgan fingerprint density at radius 1 is 1.27 bits per heavy atom. The molecule has 2 N–H and O–H groups in total. The summed E-state index contributed by atoms with van der Waals surface area (Å²) in [5, 5.41) is 7.33. The molecule has 160 valence electrons. The fraction of sp³-hybridized carbons (Fsp3) is 0.462. The fourth-order valence-corrected chi connectivity index (χ4v) is 4.99. The van der Waals surface area contributed by atoms with Crippen LogP contribution < -0.4 is 10.6 Å². The minimum absolute atomic E-state index is 0.0794. The first-order valence-electron chi connectivity index (χ1n) is 11.4. The standard InChI is InChI=1S/C26H34FN3/c1-3-28-22-13-8-6-4-5-7-11-20-16-17-30(26(20)24-15-14-23(22)29-24)18-21-12-9-10-19(2)25(21)27/h3,7,9-12,16,22-23,28-29H,1,4-6,8,13-15,17-18H2,2H3/b11-7+,26-24+. The largest absolute Gasteiger partial charge is 0.387 e. The second kappa shape index (κ2) is 9.55. The van der Waals surface area contributed by atoms with Crippen LogP contribution in [0.15, 0.2) is 66.2 Å². The molecule has 3 heterocycles. The highest BCUT2D eigenvalue weighted by molar-refractivity contribution is 5.47. The van der Waals surface area contributed by atoms with Crippen molar-refractivity contribution in [2.24, 2.45) is 0 Å². The lowest BCUT2D eigenvalue weighted by Crippen LogP contribution is -2.42. The third-order valence-electron chi connectivity index (χ3n) is 6.61. The molecule has 1 saturated heterocycles. The average Bonchev–Trinajstić information content (AvgIpc) is 3.36. The van der Waals surface area contributed by atoms with Crippen LogP contribution >= 0.6 is 0 Å². The molecule has 30 heavy (non-hydrogen) atoms. The molecular weight excluding hydrogens is 373 g/mol. The molecule has 1 fully saturated rings. The molecule has 2 bridgehead atoms. The van der Waals surface area contributed by atoms with E-state index in [9.17, 15) is 4.39 Å². The zero-order chi connectivity index (χ0) is 20.9. The molecule has 2 unspecified atom stereocenters. The van der Waals surface area contributed by atoms with Crippen molar-refractivity contribution in [1.29, 1.82) is 0 Å². The predicted molar refractivity (Wildman–Crippen MR) is 122 cm³/mol. The van der Waals surface area contributed by atoms with Crippen molar-refractivity contribution in [3.8, 4) is 0 Å². The highest BCUT2D eigenvalue weighted by Gasteiger charge is 2.31. The minimum Gasteiger partial charge on any atom is -0.387 e. The Morgan fingerprint density at radius 3 is 3.03 bits per heavy atom. The molecule has 3 aliphatic rings. The quantitative estimate of drug-likeness (QED) is 0.694. The summed E-state index contributed by atoms with van der Waals surface area (Å²) < 4.78 is 14.7. The summed E-state index contributed by atoms with van der Waals surface area (Å²) in [6, 6.07) is 6.53. The van der Waals surface area contributed by atoms with E-state index in [1.807, 2.05) is 31.3 Å². The molecule has 3 aliphatic heterocycles. The van der Waals surface area contributed by atoms with Gasteiger partial charge < -0.3 is 15.5 Å². The second-order valence-electron chi connectivity index (χ2n) is 8.72.